The standard InChI is InChI=1S/C6H12O6.Al.3H/c7-1-3(9)5(11)6(12)4(10)2-8;;;;/h1,3-6,8-12H,2H2;;;;. The lowest BCUT2D eigenvalue weighted by Crippen LogP contribution is -2.46. The summed E-state index contributed by atoms with van der Waals surface area (Å²) in [5.74, 6) is 0. The van der Waals surface area contributed by atoms with Crippen molar-refractivity contribution in [2.45, 2.75) is 24.4 Å². The molecule has 0 heterocycles. The molecule has 0 saturated carbocycles. The minimum atomic E-state index is -1.79. The fourth-order valence-electron chi connectivity index (χ4n) is 0.618. The Kier molecular flexibility index (Phi) is 8.82. The molecule has 0 amide bonds. The predicted octanol–water partition coefficient (Wildman–Crippen LogP) is -4.56. The normalized spacial score (nSPS) is 19.5. The highest BCUT2D eigenvalue weighted by Gasteiger charge is 2.29. The van der Waals surface area contributed by atoms with Gasteiger partial charge in [-0.2, -0.15) is 0 Å². The quantitative estimate of drug-likeness (QED) is 0.230. The van der Waals surface area contributed by atoms with Gasteiger partial charge in [-0.05, 0) is 0 Å². The van der Waals surface area contributed by atoms with Crippen LogP contribution < -0.4 is 0 Å². The van der Waals surface area contributed by atoms with Crippen LogP contribution in [0.5, 0.6) is 0 Å². The van der Waals surface area contributed by atoms with Crippen molar-refractivity contribution >= 4 is 23.6 Å². The smallest absolute Gasteiger partial charge is 0.187 e. The topological polar surface area (TPSA) is 118 Å². The second-order valence-electron chi connectivity index (χ2n) is 2.36. The van der Waals surface area contributed by atoms with E-state index in [2.05, 4.69) is 0 Å². The molecule has 0 spiro atoms. The average Bonchev–Trinajstić information content (AvgIpc) is 2.12. The SMILES string of the molecule is O=CC(O)C(O)C(O)C(O)CO.[AlH3]. The van der Waals surface area contributed by atoms with Crippen LogP contribution in [0.1, 0.15) is 0 Å². The zero-order valence-electron chi connectivity index (χ0n) is 6.24. The molecule has 0 aliphatic carbocycles. The summed E-state index contributed by atoms with van der Waals surface area (Å²) in [6, 6.07) is 0. The summed E-state index contributed by atoms with van der Waals surface area (Å²) >= 11 is 0. The van der Waals surface area contributed by atoms with Crippen molar-refractivity contribution in [2.24, 2.45) is 0 Å². The Morgan fingerprint density at radius 1 is 1.08 bits per heavy atom. The maximum atomic E-state index is 9.90. The van der Waals surface area contributed by atoms with Crippen LogP contribution in [0.4, 0.5) is 0 Å². The van der Waals surface area contributed by atoms with E-state index < -0.39 is 31.0 Å². The van der Waals surface area contributed by atoms with E-state index in [0.717, 1.165) is 0 Å². The van der Waals surface area contributed by atoms with Crippen molar-refractivity contribution in [2.75, 3.05) is 6.61 Å². The van der Waals surface area contributed by atoms with Gasteiger partial charge in [0.05, 0.1) is 6.61 Å². The van der Waals surface area contributed by atoms with E-state index in [9.17, 15) is 4.79 Å². The maximum Gasteiger partial charge on any atom is 0.187 e. The number of aldehydes is 1. The summed E-state index contributed by atoms with van der Waals surface area (Å²) in [6.07, 6.45) is -6.84. The molecule has 6 nitrogen and oxygen atoms in total. The number of rotatable bonds is 5. The summed E-state index contributed by atoms with van der Waals surface area (Å²) in [4.78, 5) is 9.90. The Morgan fingerprint density at radius 3 is 1.85 bits per heavy atom. The van der Waals surface area contributed by atoms with Crippen molar-refractivity contribution in [3.05, 3.63) is 0 Å². The molecule has 4 atom stereocenters. The molecular weight excluding hydrogens is 195 g/mol. The Labute approximate surface area is 85.6 Å². The lowest BCUT2D eigenvalue weighted by Gasteiger charge is -2.22. The van der Waals surface area contributed by atoms with Gasteiger partial charge < -0.3 is 30.3 Å². The van der Waals surface area contributed by atoms with Crippen molar-refractivity contribution in [1.82, 2.24) is 0 Å². The number of hydrogen-bond donors (Lipinski definition) is 5. The van der Waals surface area contributed by atoms with Gasteiger partial charge in [-0.3, -0.25) is 0 Å². The van der Waals surface area contributed by atoms with Gasteiger partial charge in [-0.25, -0.2) is 0 Å². The molecule has 0 aliphatic heterocycles. The van der Waals surface area contributed by atoms with Gasteiger partial charge in [0, 0.05) is 0 Å². The molecule has 0 rings (SSSR count). The summed E-state index contributed by atoms with van der Waals surface area (Å²) < 4.78 is 0. The molecule has 4 unspecified atom stereocenters. The first kappa shape index (κ1) is 15.5. The molecule has 0 aliphatic rings. The van der Waals surface area contributed by atoms with Crippen LogP contribution >= 0.6 is 0 Å². The number of carbonyl (C=O) groups excluding carboxylic acids is 1. The Hall–Kier alpha value is 0.00247. The van der Waals surface area contributed by atoms with E-state index >= 15 is 0 Å². The average molecular weight is 210 g/mol. The molecule has 0 aromatic heterocycles. The van der Waals surface area contributed by atoms with Crippen LogP contribution in [-0.2, 0) is 4.79 Å². The van der Waals surface area contributed by atoms with Crippen molar-refractivity contribution in [1.29, 1.82) is 0 Å². The van der Waals surface area contributed by atoms with E-state index in [1.807, 2.05) is 0 Å². The van der Waals surface area contributed by atoms with Crippen molar-refractivity contribution in [3.63, 3.8) is 0 Å². The molecule has 0 aromatic rings. The van der Waals surface area contributed by atoms with Gasteiger partial charge in [0.2, 0.25) is 0 Å². The fourth-order valence-corrected chi connectivity index (χ4v) is 0.618. The molecule has 78 valence electrons. The highest BCUT2D eigenvalue weighted by molar-refractivity contribution is 5.75. The van der Waals surface area contributed by atoms with Crippen LogP contribution in [0.3, 0.4) is 0 Å². The molecule has 13 heavy (non-hydrogen) atoms. The fraction of sp³-hybridized carbons (Fsp3) is 0.833. The number of carbonyl (C=O) groups is 1. The molecule has 0 fully saturated rings. The predicted molar refractivity (Wildman–Crippen MR) is 47.1 cm³/mol. The van der Waals surface area contributed by atoms with E-state index in [-0.39, 0.29) is 23.6 Å². The lowest BCUT2D eigenvalue weighted by molar-refractivity contribution is -0.136. The van der Waals surface area contributed by atoms with E-state index in [1.165, 1.54) is 0 Å². The Balaban J connectivity index is 0. The monoisotopic (exact) mass is 210 g/mol. The van der Waals surface area contributed by atoms with Crippen LogP contribution in [0, 0.1) is 0 Å². The molecule has 0 aromatic carbocycles. The molecule has 7 heteroatoms. The van der Waals surface area contributed by atoms with Crippen LogP contribution in [0.2, 0.25) is 0 Å². The minimum absolute atomic E-state index is 0. The van der Waals surface area contributed by atoms with Crippen LogP contribution in [-0.4, -0.2) is 80.2 Å². The Bertz CT molecular complexity index is 143. The van der Waals surface area contributed by atoms with Crippen LogP contribution in [0.15, 0.2) is 0 Å². The second-order valence-corrected chi connectivity index (χ2v) is 2.36. The van der Waals surface area contributed by atoms with Crippen LogP contribution in [0.25, 0.3) is 0 Å². The Morgan fingerprint density at radius 2 is 1.54 bits per heavy atom. The molecule has 0 bridgehead atoms. The summed E-state index contributed by atoms with van der Waals surface area (Å²) in [5.41, 5.74) is 0. The molecular formula is C6H15AlO6. The third-order valence-corrected chi connectivity index (χ3v) is 1.42. The van der Waals surface area contributed by atoms with Gasteiger partial charge in [0.15, 0.2) is 23.6 Å². The highest BCUT2D eigenvalue weighted by atomic mass is 27.0. The molecule has 0 radical (unpaired) electrons. The lowest BCUT2D eigenvalue weighted by atomic mass is 10.0. The summed E-state index contributed by atoms with van der Waals surface area (Å²) in [6.45, 7) is -0.760. The van der Waals surface area contributed by atoms with Crippen molar-refractivity contribution < 1.29 is 30.3 Å². The minimum Gasteiger partial charge on any atom is -0.394 e. The summed E-state index contributed by atoms with van der Waals surface area (Å²) in [5, 5.41) is 43.5. The third-order valence-electron chi connectivity index (χ3n) is 1.42. The first-order valence-corrected chi connectivity index (χ1v) is 3.33. The molecule has 5 N–H and O–H groups in total. The largest absolute Gasteiger partial charge is 0.394 e. The van der Waals surface area contributed by atoms with E-state index in [0.29, 0.717) is 0 Å². The first-order valence-electron chi connectivity index (χ1n) is 3.33. The van der Waals surface area contributed by atoms with Gasteiger partial charge in [-0.1, -0.05) is 0 Å². The third kappa shape index (κ3) is 4.69. The first-order chi connectivity index (χ1) is 5.54. The van der Waals surface area contributed by atoms with E-state index in [4.69, 9.17) is 25.5 Å². The number of hydrogen-bond acceptors (Lipinski definition) is 6. The van der Waals surface area contributed by atoms with Gasteiger partial charge in [0.25, 0.3) is 0 Å². The van der Waals surface area contributed by atoms with Gasteiger partial charge in [0.1, 0.15) is 24.4 Å². The van der Waals surface area contributed by atoms with Gasteiger partial charge >= 0.3 is 0 Å². The van der Waals surface area contributed by atoms with E-state index in [1.54, 1.807) is 0 Å². The second kappa shape index (κ2) is 7.41. The zero-order valence-corrected chi connectivity index (χ0v) is 6.24. The number of aliphatic hydroxyl groups is 5. The van der Waals surface area contributed by atoms with Crippen molar-refractivity contribution in [3.8, 4) is 0 Å². The molecule has 0 saturated heterocycles. The summed E-state index contributed by atoms with van der Waals surface area (Å²) in [7, 11) is 0. The maximum absolute atomic E-state index is 9.90. The zero-order chi connectivity index (χ0) is 9.72. The number of aliphatic hydroxyl groups excluding tert-OH is 5. The highest BCUT2D eigenvalue weighted by Crippen LogP contribution is 2.02. The van der Waals surface area contributed by atoms with Gasteiger partial charge in [-0.15, -0.1) is 0 Å².